The molecule has 0 bridgehead atoms. The molecule has 1 aliphatic rings. The van der Waals surface area contributed by atoms with E-state index in [0.717, 1.165) is 38.8 Å². The Balaban J connectivity index is 1.40. The van der Waals surface area contributed by atoms with E-state index in [1.165, 1.54) is 21.7 Å². The third kappa shape index (κ3) is 6.75. The molecular weight excluding hydrogens is 366 g/mol. The van der Waals surface area contributed by atoms with E-state index in [4.69, 9.17) is 4.74 Å². The Hall–Kier alpha value is -1.65. The Bertz CT molecular complexity index is 732. The van der Waals surface area contributed by atoms with Gasteiger partial charge in [-0.15, -0.1) is 11.3 Å². The molecule has 1 amide bonds. The molecule has 1 aromatic heterocycles. The molecule has 28 heavy (non-hydrogen) atoms. The molecule has 1 saturated heterocycles. The molecule has 4 heteroatoms. The zero-order valence-corrected chi connectivity index (χ0v) is 18.1. The van der Waals surface area contributed by atoms with Crippen LogP contribution in [0.4, 0.5) is 0 Å². The molecule has 2 aromatic rings. The number of hydrogen-bond donors (Lipinski definition) is 0. The highest BCUT2D eigenvalue weighted by molar-refractivity contribution is 7.11. The van der Waals surface area contributed by atoms with Crippen molar-refractivity contribution in [1.82, 2.24) is 4.90 Å². The van der Waals surface area contributed by atoms with E-state index in [-0.39, 0.29) is 11.3 Å². The van der Waals surface area contributed by atoms with Crippen LogP contribution in [0.5, 0.6) is 0 Å². The van der Waals surface area contributed by atoms with E-state index in [1.807, 2.05) is 16.2 Å². The number of aryl methyl sites for hydroxylation is 3. The Morgan fingerprint density at radius 1 is 1.00 bits per heavy atom. The van der Waals surface area contributed by atoms with Crippen LogP contribution in [0.1, 0.15) is 48.4 Å². The summed E-state index contributed by atoms with van der Waals surface area (Å²) in [4.78, 5) is 17.4. The molecule has 0 atom stereocenters. The van der Waals surface area contributed by atoms with Gasteiger partial charge in [0.1, 0.15) is 0 Å². The smallest absolute Gasteiger partial charge is 0.223 e. The number of carbonyl (C=O) groups excluding carboxylic acids is 1. The van der Waals surface area contributed by atoms with Crippen LogP contribution in [0, 0.1) is 5.41 Å². The molecule has 152 valence electrons. The van der Waals surface area contributed by atoms with Gasteiger partial charge in [0.15, 0.2) is 0 Å². The minimum atomic E-state index is 0.0346. The van der Waals surface area contributed by atoms with Crippen molar-refractivity contribution in [1.29, 1.82) is 0 Å². The average Bonchev–Trinajstić information content (AvgIpc) is 3.16. The average molecular weight is 400 g/mol. The van der Waals surface area contributed by atoms with Crippen molar-refractivity contribution in [3.8, 4) is 0 Å². The maximum absolute atomic E-state index is 12.5. The highest BCUT2D eigenvalue weighted by atomic mass is 32.1. The van der Waals surface area contributed by atoms with Gasteiger partial charge in [-0.3, -0.25) is 4.79 Å². The molecule has 1 fully saturated rings. The van der Waals surface area contributed by atoms with Crippen molar-refractivity contribution in [2.75, 3.05) is 26.3 Å². The maximum atomic E-state index is 12.5. The van der Waals surface area contributed by atoms with E-state index in [1.54, 1.807) is 0 Å². The SMILES string of the molecule is CC(C)(CCc1ccc(CCCc2ccccc2)s1)CC(=O)N1CCOCC1. The van der Waals surface area contributed by atoms with Crippen molar-refractivity contribution >= 4 is 17.2 Å². The van der Waals surface area contributed by atoms with E-state index in [2.05, 4.69) is 56.3 Å². The first kappa shape index (κ1) is 21.1. The van der Waals surface area contributed by atoms with Gasteiger partial charge in [-0.05, 0) is 55.2 Å². The van der Waals surface area contributed by atoms with Crippen LogP contribution in [-0.2, 0) is 28.8 Å². The van der Waals surface area contributed by atoms with Gasteiger partial charge >= 0.3 is 0 Å². The Labute approximate surface area is 173 Å². The second-order valence-corrected chi connectivity index (χ2v) is 9.79. The largest absolute Gasteiger partial charge is 0.378 e. The lowest BCUT2D eigenvalue weighted by molar-refractivity contribution is -0.137. The van der Waals surface area contributed by atoms with Crippen LogP contribution in [0.25, 0.3) is 0 Å². The first-order chi connectivity index (χ1) is 13.5. The Morgan fingerprint density at radius 2 is 1.68 bits per heavy atom. The van der Waals surface area contributed by atoms with Crippen LogP contribution in [-0.4, -0.2) is 37.1 Å². The quantitative estimate of drug-likeness (QED) is 0.585. The molecule has 0 aliphatic carbocycles. The first-order valence-electron chi connectivity index (χ1n) is 10.5. The van der Waals surface area contributed by atoms with Crippen LogP contribution in [0.15, 0.2) is 42.5 Å². The molecular formula is C24H33NO2S. The van der Waals surface area contributed by atoms with Gasteiger partial charge in [0.25, 0.3) is 0 Å². The number of hydrogen-bond acceptors (Lipinski definition) is 3. The monoisotopic (exact) mass is 399 g/mol. The predicted octanol–water partition coefficient (Wildman–Crippen LogP) is 5.13. The van der Waals surface area contributed by atoms with E-state index in [9.17, 15) is 4.79 Å². The minimum absolute atomic E-state index is 0.0346. The normalized spacial score (nSPS) is 15.0. The van der Waals surface area contributed by atoms with E-state index < -0.39 is 0 Å². The highest BCUT2D eigenvalue weighted by Crippen LogP contribution is 2.30. The molecule has 0 unspecified atom stereocenters. The van der Waals surface area contributed by atoms with Crippen molar-refractivity contribution in [2.24, 2.45) is 5.41 Å². The summed E-state index contributed by atoms with van der Waals surface area (Å²) in [6.45, 7) is 7.28. The molecule has 3 nitrogen and oxygen atoms in total. The standard InChI is InChI=1S/C24H33NO2S/c1-24(2,19-23(26)25-15-17-27-18-16-25)14-13-22-12-11-21(28-22)10-6-9-20-7-4-3-5-8-20/h3-5,7-8,11-12H,6,9-10,13-19H2,1-2H3. The van der Waals surface area contributed by atoms with Crippen LogP contribution >= 0.6 is 11.3 Å². The molecule has 0 radical (unpaired) electrons. The van der Waals surface area contributed by atoms with Gasteiger partial charge in [-0.2, -0.15) is 0 Å². The lowest BCUT2D eigenvalue weighted by atomic mass is 9.83. The third-order valence-electron chi connectivity index (χ3n) is 5.49. The second kappa shape index (κ2) is 10.2. The molecule has 2 heterocycles. The molecule has 1 aromatic carbocycles. The first-order valence-corrected chi connectivity index (χ1v) is 11.3. The van der Waals surface area contributed by atoms with Gasteiger partial charge in [0.05, 0.1) is 13.2 Å². The van der Waals surface area contributed by atoms with Gasteiger partial charge in [-0.25, -0.2) is 0 Å². The number of carbonyl (C=O) groups is 1. The van der Waals surface area contributed by atoms with Crippen molar-refractivity contribution in [3.05, 3.63) is 57.8 Å². The number of morpholine rings is 1. The van der Waals surface area contributed by atoms with Crippen LogP contribution < -0.4 is 0 Å². The van der Waals surface area contributed by atoms with Gasteiger partial charge in [0, 0.05) is 29.3 Å². The van der Waals surface area contributed by atoms with Crippen LogP contribution in [0.2, 0.25) is 0 Å². The highest BCUT2D eigenvalue weighted by Gasteiger charge is 2.26. The summed E-state index contributed by atoms with van der Waals surface area (Å²) in [6.07, 6.45) is 6.23. The zero-order chi connectivity index (χ0) is 19.8. The molecule has 0 saturated carbocycles. The summed E-state index contributed by atoms with van der Waals surface area (Å²) < 4.78 is 5.35. The van der Waals surface area contributed by atoms with Crippen molar-refractivity contribution in [2.45, 2.75) is 52.4 Å². The summed E-state index contributed by atoms with van der Waals surface area (Å²) in [5.41, 5.74) is 1.46. The van der Waals surface area contributed by atoms with Gasteiger partial charge in [-0.1, -0.05) is 44.2 Å². The number of benzene rings is 1. The lowest BCUT2D eigenvalue weighted by Gasteiger charge is -2.31. The minimum Gasteiger partial charge on any atom is -0.378 e. The summed E-state index contributed by atoms with van der Waals surface area (Å²) >= 11 is 1.94. The van der Waals surface area contributed by atoms with Crippen molar-refractivity contribution < 1.29 is 9.53 Å². The van der Waals surface area contributed by atoms with E-state index >= 15 is 0 Å². The molecule has 0 spiro atoms. The number of ether oxygens (including phenoxy) is 1. The Morgan fingerprint density at radius 3 is 2.39 bits per heavy atom. The zero-order valence-electron chi connectivity index (χ0n) is 17.3. The predicted molar refractivity (Wildman–Crippen MR) is 117 cm³/mol. The fourth-order valence-electron chi connectivity index (χ4n) is 3.69. The molecule has 1 aliphatic heterocycles. The van der Waals surface area contributed by atoms with Crippen molar-refractivity contribution in [3.63, 3.8) is 0 Å². The molecule has 3 rings (SSSR count). The lowest BCUT2D eigenvalue weighted by Crippen LogP contribution is -2.42. The van der Waals surface area contributed by atoms with E-state index in [0.29, 0.717) is 19.6 Å². The molecule has 0 N–H and O–H groups in total. The maximum Gasteiger partial charge on any atom is 0.223 e. The van der Waals surface area contributed by atoms with Gasteiger partial charge < -0.3 is 9.64 Å². The number of rotatable bonds is 9. The number of nitrogens with zero attached hydrogens (tertiary/aromatic N) is 1. The topological polar surface area (TPSA) is 29.5 Å². The second-order valence-electron chi connectivity index (χ2n) is 8.54. The summed E-state index contributed by atoms with van der Waals surface area (Å²) in [7, 11) is 0. The fourth-order valence-corrected chi connectivity index (χ4v) is 4.75. The Kier molecular flexibility index (Phi) is 7.69. The number of thiophene rings is 1. The summed E-state index contributed by atoms with van der Waals surface area (Å²) in [6, 6.07) is 15.3. The fraction of sp³-hybridized carbons (Fsp3) is 0.542. The van der Waals surface area contributed by atoms with Crippen LogP contribution in [0.3, 0.4) is 0 Å². The number of amides is 1. The summed E-state index contributed by atoms with van der Waals surface area (Å²) in [5, 5.41) is 0. The third-order valence-corrected chi connectivity index (χ3v) is 6.70. The van der Waals surface area contributed by atoms with Gasteiger partial charge in [0.2, 0.25) is 5.91 Å². The summed E-state index contributed by atoms with van der Waals surface area (Å²) in [5.74, 6) is 0.279.